The van der Waals surface area contributed by atoms with Crippen LogP contribution in [0, 0.1) is 5.92 Å². The molecule has 1 aliphatic rings. The monoisotopic (exact) mass is 213 g/mol. The molecule has 1 fully saturated rings. The Bertz CT molecular complexity index is 208. The molecule has 15 heavy (non-hydrogen) atoms. The highest BCUT2D eigenvalue weighted by Gasteiger charge is 2.23. The quantitative estimate of drug-likeness (QED) is 0.678. The molecule has 0 radical (unpaired) electrons. The molecule has 1 heterocycles. The van der Waals surface area contributed by atoms with Crippen molar-refractivity contribution >= 4 is 5.91 Å². The minimum absolute atomic E-state index is 0.0881. The Morgan fingerprint density at radius 2 is 2.33 bits per heavy atom. The van der Waals surface area contributed by atoms with Crippen LogP contribution >= 0.6 is 0 Å². The van der Waals surface area contributed by atoms with Gasteiger partial charge < -0.3 is 15.5 Å². The van der Waals surface area contributed by atoms with Gasteiger partial charge in [-0.2, -0.15) is 0 Å². The number of carbonyl (C=O) groups excluding carboxylic acids is 1. The first kappa shape index (κ1) is 12.5. The SMILES string of the molecule is CNCC(C)CN1CCC(NC(C)=O)C1. The fourth-order valence-electron chi connectivity index (χ4n) is 2.26. The van der Waals surface area contributed by atoms with Gasteiger partial charge in [0.05, 0.1) is 0 Å². The zero-order chi connectivity index (χ0) is 11.3. The van der Waals surface area contributed by atoms with Gasteiger partial charge in [0.15, 0.2) is 0 Å². The topological polar surface area (TPSA) is 44.4 Å². The second-order valence-electron chi connectivity index (χ2n) is 4.61. The maximum Gasteiger partial charge on any atom is 0.217 e. The third-order valence-electron chi connectivity index (χ3n) is 2.80. The second-order valence-corrected chi connectivity index (χ2v) is 4.61. The molecule has 1 rings (SSSR count). The van der Waals surface area contributed by atoms with Crippen LogP contribution in [0.5, 0.6) is 0 Å². The highest BCUT2D eigenvalue weighted by molar-refractivity contribution is 5.73. The summed E-state index contributed by atoms with van der Waals surface area (Å²) in [6, 6.07) is 0.365. The Kier molecular flexibility index (Phi) is 5.05. The lowest BCUT2D eigenvalue weighted by molar-refractivity contribution is -0.119. The van der Waals surface area contributed by atoms with E-state index in [1.54, 1.807) is 6.92 Å². The van der Waals surface area contributed by atoms with E-state index in [9.17, 15) is 4.79 Å². The van der Waals surface area contributed by atoms with E-state index in [2.05, 4.69) is 22.5 Å². The second kappa shape index (κ2) is 6.08. The first-order valence-corrected chi connectivity index (χ1v) is 5.76. The van der Waals surface area contributed by atoms with Crippen LogP contribution in [0.25, 0.3) is 0 Å². The Morgan fingerprint density at radius 1 is 1.60 bits per heavy atom. The number of nitrogens with one attached hydrogen (secondary N) is 2. The van der Waals surface area contributed by atoms with Crippen LogP contribution in [0.15, 0.2) is 0 Å². The van der Waals surface area contributed by atoms with Crippen molar-refractivity contribution in [2.24, 2.45) is 5.92 Å². The summed E-state index contributed by atoms with van der Waals surface area (Å²) < 4.78 is 0. The minimum atomic E-state index is 0.0881. The first-order chi connectivity index (χ1) is 7.11. The Balaban J connectivity index is 2.21. The summed E-state index contributed by atoms with van der Waals surface area (Å²) in [6.07, 6.45) is 1.09. The maximum atomic E-state index is 10.9. The van der Waals surface area contributed by atoms with Gasteiger partial charge >= 0.3 is 0 Å². The molecule has 88 valence electrons. The van der Waals surface area contributed by atoms with Crippen LogP contribution in [0.3, 0.4) is 0 Å². The summed E-state index contributed by atoms with van der Waals surface area (Å²) in [5, 5.41) is 6.17. The molecule has 2 atom stereocenters. The summed E-state index contributed by atoms with van der Waals surface area (Å²) in [4.78, 5) is 13.3. The van der Waals surface area contributed by atoms with Gasteiger partial charge in [0.1, 0.15) is 0 Å². The predicted molar refractivity (Wildman–Crippen MR) is 61.8 cm³/mol. The van der Waals surface area contributed by atoms with E-state index in [1.807, 2.05) is 7.05 Å². The smallest absolute Gasteiger partial charge is 0.217 e. The van der Waals surface area contributed by atoms with Gasteiger partial charge in [-0.3, -0.25) is 4.79 Å². The van der Waals surface area contributed by atoms with E-state index >= 15 is 0 Å². The molecule has 0 aromatic heterocycles. The fourth-order valence-corrected chi connectivity index (χ4v) is 2.26. The van der Waals surface area contributed by atoms with Crippen LogP contribution < -0.4 is 10.6 Å². The van der Waals surface area contributed by atoms with Gasteiger partial charge in [-0.05, 0) is 25.9 Å². The van der Waals surface area contributed by atoms with E-state index in [-0.39, 0.29) is 5.91 Å². The highest BCUT2D eigenvalue weighted by atomic mass is 16.1. The standard InChI is InChI=1S/C11H23N3O/c1-9(6-12-3)7-14-5-4-11(8-14)13-10(2)15/h9,11-12H,4-8H2,1-3H3,(H,13,15). The van der Waals surface area contributed by atoms with Gasteiger partial charge in [0.2, 0.25) is 5.91 Å². The van der Waals surface area contributed by atoms with E-state index in [4.69, 9.17) is 0 Å². The molecular formula is C11H23N3O. The molecule has 4 heteroatoms. The fraction of sp³-hybridized carbons (Fsp3) is 0.909. The van der Waals surface area contributed by atoms with Crippen molar-refractivity contribution in [3.63, 3.8) is 0 Å². The molecule has 1 aliphatic heterocycles. The van der Waals surface area contributed by atoms with Crippen molar-refractivity contribution in [2.75, 3.05) is 33.2 Å². The third-order valence-corrected chi connectivity index (χ3v) is 2.80. The molecule has 0 saturated carbocycles. The average Bonchev–Trinajstić information content (AvgIpc) is 2.51. The largest absolute Gasteiger partial charge is 0.352 e. The summed E-state index contributed by atoms with van der Waals surface area (Å²) in [5.74, 6) is 0.760. The number of nitrogens with zero attached hydrogens (tertiary/aromatic N) is 1. The van der Waals surface area contributed by atoms with Crippen molar-refractivity contribution in [1.29, 1.82) is 0 Å². The molecule has 0 aromatic carbocycles. The Labute approximate surface area is 92.4 Å². The molecule has 0 aromatic rings. The van der Waals surface area contributed by atoms with Crippen molar-refractivity contribution in [3.05, 3.63) is 0 Å². The van der Waals surface area contributed by atoms with E-state index < -0.39 is 0 Å². The molecular weight excluding hydrogens is 190 g/mol. The van der Waals surface area contributed by atoms with Crippen molar-refractivity contribution in [1.82, 2.24) is 15.5 Å². The Hall–Kier alpha value is -0.610. The zero-order valence-corrected chi connectivity index (χ0v) is 10.0. The van der Waals surface area contributed by atoms with Crippen molar-refractivity contribution in [3.8, 4) is 0 Å². The highest BCUT2D eigenvalue weighted by Crippen LogP contribution is 2.11. The number of hydrogen-bond acceptors (Lipinski definition) is 3. The van der Waals surface area contributed by atoms with Crippen LogP contribution in [0.4, 0.5) is 0 Å². The van der Waals surface area contributed by atoms with Gasteiger partial charge in [-0.1, -0.05) is 6.92 Å². The number of amides is 1. The number of carbonyl (C=O) groups is 1. The molecule has 1 amide bonds. The van der Waals surface area contributed by atoms with Gasteiger partial charge in [0, 0.05) is 32.6 Å². The Morgan fingerprint density at radius 3 is 2.93 bits per heavy atom. The summed E-state index contributed by atoms with van der Waals surface area (Å²) >= 11 is 0. The number of likely N-dealkylation sites (tertiary alicyclic amines) is 1. The van der Waals surface area contributed by atoms with Gasteiger partial charge in [-0.15, -0.1) is 0 Å². The lowest BCUT2D eigenvalue weighted by Gasteiger charge is -2.20. The van der Waals surface area contributed by atoms with Crippen LogP contribution in [0.2, 0.25) is 0 Å². The number of hydrogen-bond donors (Lipinski definition) is 2. The summed E-state index contributed by atoms with van der Waals surface area (Å²) in [5.41, 5.74) is 0. The molecule has 2 unspecified atom stereocenters. The van der Waals surface area contributed by atoms with E-state index in [0.717, 1.165) is 32.6 Å². The van der Waals surface area contributed by atoms with Crippen LogP contribution in [0.1, 0.15) is 20.3 Å². The lowest BCUT2D eigenvalue weighted by Crippen LogP contribution is -2.37. The normalized spacial score (nSPS) is 24.1. The molecule has 4 nitrogen and oxygen atoms in total. The first-order valence-electron chi connectivity index (χ1n) is 5.76. The van der Waals surface area contributed by atoms with Crippen molar-refractivity contribution < 1.29 is 4.79 Å². The molecule has 2 N–H and O–H groups in total. The summed E-state index contributed by atoms with van der Waals surface area (Å²) in [6.45, 7) is 8.14. The molecule has 1 saturated heterocycles. The molecule has 0 bridgehead atoms. The molecule has 0 spiro atoms. The van der Waals surface area contributed by atoms with Gasteiger partial charge in [-0.25, -0.2) is 0 Å². The van der Waals surface area contributed by atoms with Crippen LogP contribution in [-0.4, -0.2) is 50.1 Å². The average molecular weight is 213 g/mol. The van der Waals surface area contributed by atoms with Crippen LogP contribution in [-0.2, 0) is 4.79 Å². The van der Waals surface area contributed by atoms with E-state index in [1.165, 1.54) is 0 Å². The zero-order valence-electron chi connectivity index (χ0n) is 10.0. The summed E-state index contributed by atoms with van der Waals surface area (Å²) in [7, 11) is 1.99. The minimum Gasteiger partial charge on any atom is -0.352 e. The van der Waals surface area contributed by atoms with Crippen molar-refractivity contribution in [2.45, 2.75) is 26.3 Å². The third kappa shape index (κ3) is 4.62. The van der Waals surface area contributed by atoms with E-state index in [0.29, 0.717) is 12.0 Å². The lowest BCUT2D eigenvalue weighted by atomic mass is 10.2. The molecule has 0 aliphatic carbocycles. The predicted octanol–water partition coefficient (Wildman–Crippen LogP) is 0.0523. The number of rotatable bonds is 5. The maximum absolute atomic E-state index is 10.9. The van der Waals surface area contributed by atoms with Gasteiger partial charge in [0.25, 0.3) is 0 Å².